The van der Waals surface area contributed by atoms with E-state index < -0.39 is 10.0 Å². The smallest absolute Gasteiger partial charge is 0.242 e. The fourth-order valence-electron chi connectivity index (χ4n) is 1.58. The van der Waals surface area contributed by atoms with Gasteiger partial charge in [0.05, 0.1) is 5.69 Å². The Bertz CT molecular complexity index is 714. The molecule has 1 heterocycles. The molecule has 0 bridgehead atoms. The van der Waals surface area contributed by atoms with Gasteiger partial charge in [-0.25, -0.2) is 13.1 Å². The average Bonchev–Trinajstić information content (AvgIpc) is 2.74. The van der Waals surface area contributed by atoms with Crippen molar-refractivity contribution in [3.8, 4) is 0 Å². The molecule has 0 fully saturated rings. The maximum atomic E-state index is 12.1. The number of hydrogen-bond acceptors (Lipinski definition) is 6. The number of sulfonamides is 1. The highest BCUT2D eigenvalue weighted by molar-refractivity contribution is 7.89. The van der Waals surface area contributed by atoms with Gasteiger partial charge in [0.1, 0.15) is 4.90 Å². The highest BCUT2D eigenvalue weighted by Crippen LogP contribution is 2.22. The third-order valence-corrected chi connectivity index (χ3v) is 4.24. The van der Waals surface area contributed by atoms with Gasteiger partial charge in [-0.15, -0.1) is 0 Å². The molecule has 1 aromatic heterocycles. The first-order valence-corrected chi connectivity index (χ1v) is 7.58. The Labute approximate surface area is 121 Å². The van der Waals surface area contributed by atoms with Gasteiger partial charge in [-0.3, -0.25) is 0 Å². The topological polar surface area (TPSA) is 111 Å². The zero-order valence-corrected chi connectivity index (χ0v) is 12.2. The minimum absolute atomic E-state index is 0.00816. The zero-order chi connectivity index (χ0) is 14.8. The van der Waals surface area contributed by atoms with Gasteiger partial charge in [0.25, 0.3) is 0 Å². The van der Waals surface area contributed by atoms with Crippen molar-refractivity contribution in [2.75, 3.05) is 12.3 Å². The summed E-state index contributed by atoms with van der Waals surface area (Å²) in [5.41, 5.74) is 5.75. The van der Waals surface area contributed by atoms with Crippen LogP contribution in [0.1, 0.15) is 11.7 Å². The van der Waals surface area contributed by atoms with Crippen LogP contribution in [0.2, 0.25) is 5.02 Å². The van der Waals surface area contributed by atoms with E-state index in [-0.39, 0.29) is 17.1 Å². The van der Waals surface area contributed by atoms with E-state index in [9.17, 15) is 8.42 Å². The lowest BCUT2D eigenvalue weighted by atomic mass is 10.3. The first-order chi connectivity index (χ1) is 9.38. The van der Waals surface area contributed by atoms with Crippen LogP contribution in [0.5, 0.6) is 0 Å². The maximum Gasteiger partial charge on any atom is 0.242 e. The quantitative estimate of drug-likeness (QED) is 0.800. The molecule has 108 valence electrons. The van der Waals surface area contributed by atoms with Crippen LogP contribution in [-0.4, -0.2) is 25.1 Å². The molecule has 0 radical (unpaired) electrons. The second kappa shape index (κ2) is 5.78. The van der Waals surface area contributed by atoms with E-state index in [1.165, 1.54) is 18.2 Å². The second-order valence-corrected chi connectivity index (χ2v) is 6.23. The van der Waals surface area contributed by atoms with Gasteiger partial charge in [0.15, 0.2) is 5.82 Å². The molecule has 20 heavy (non-hydrogen) atoms. The van der Waals surface area contributed by atoms with Crippen LogP contribution >= 0.6 is 11.6 Å². The highest BCUT2D eigenvalue weighted by atomic mass is 35.5. The lowest BCUT2D eigenvalue weighted by Crippen LogP contribution is -2.27. The predicted molar refractivity (Wildman–Crippen MR) is 73.8 cm³/mol. The number of nitrogen functional groups attached to an aromatic ring is 1. The Kier molecular flexibility index (Phi) is 4.26. The number of hydrogen-bond donors (Lipinski definition) is 2. The summed E-state index contributed by atoms with van der Waals surface area (Å²) >= 11 is 5.73. The molecule has 1 aromatic carbocycles. The summed E-state index contributed by atoms with van der Waals surface area (Å²) in [6, 6.07) is 4.21. The Morgan fingerprint density at radius 3 is 2.80 bits per heavy atom. The monoisotopic (exact) mass is 316 g/mol. The molecule has 0 aliphatic heterocycles. The summed E-state index contributed by atoms with van der Waals surface area (Å²) in [6.07, 6.45) is 0.323. The molecule has 0 aliphatic rings. The molecule has 0 aliphatic carbocycles. The molecule has 0 saturated carbocycles. The van der Waals surface area contributed by atoms with E-state index in [1.807, 2.05) is 0 Å². The Hall–Kier alpha value is -1.64. The Morgan fingerprint density at radius 2 is 2.20 bits per heavy atom. The lowest BCUT2D eigenvalue weighted by Gasteiger charge is -2.08. The van der Waals surface area contributed by atoms with E-state index >= 15 is 0 Å². The van der Waals surface area contributed by atoms with E-state index in [4.69, 9.17) is 21.9 Å². The average molecular weight is 317 g/mol. The van der Waals surface area contributed by atoms with Crippen molar-refractivity contribution in [3.63, 3.8) is 0 Å². The number of nitrogens with two attached hydrogens (primary N) is 1. The third kappa shape index (κ3) is 3.47. The molecule has 0 amide bonds. The Balaban J connectivity index is 2.04. The predicted octanol–water partition coefficient (Wildman–Crippen LogP) is 1.13. The number of anilines is 1. The standard InChI is InChI=1S/C11H13ClN4O3S/c1-7-15-11(16-19-7)4-5-14-20(17,18)10-3-2-8(12)6-9(10)13/h2-3,6,14H,4-5,13H2,1H3. The summed E-state index contributed by atoms with van der Waals surface area (Å²) in [7, 11) is -3.69. The molecule has 0 spiro atoms. The second-order valence-electron chi connectivity index (χ2n) is 4.06. The zero-order valence-electron chi connectivity index (χ0n) is 10.6. The largest absolute Gasteiger partial charge is 0.398 e. The van der Waals surface area contributed by atoms with Crippen molar-refractivity contribution in [2.24, 2.45) is 0 Å². The molecule has 2 rings (SSSR count). The van der Waals surface area contributed by atoms with Crippen LogP contribution in [0.4, 0.5) is 5.69 Å². The summed E-state index contributed by atoms with van der Waals surface area (Å²) in [5.74, 6) is 0.874. The lowest BCUT2D eigenvalue weighted by molar-refractivity contribution is 0.387. The van der Waals surface area contributed by atoms with Gasteiger partial charge in [-0.05, 0) is 18.2 Å². The third-order valence-electron chi connectivity index (χ3n) is 2.47. The van der Waals surface area contributed by atoms with Crippen molar-refractivity contribution >= 4 is 27.3 Å². The van der Waals surface area contributed by atoms with Crippen molar-refractivity contribution in [2.45, 2.75) is 18.2 Å². The van der Waals surface area contributed by atoms with Crippen LogP contribution < -0.4 is 10.5 Å². The number of halogens is 1. The van der Waals surface area contributed by atoms with Crippen LogP contribution in [0, 0.1) is 6.92 Å². The fraction of sp³-hybridized carbons (Fsp3) is 0.273. The maximum absolute atomic E-state index is 12.1. The molecule has 0 saturated heterocycles. The number of nitrogens with one attached hydrogen (secondary N) is 1. The van der Waals surface area contributed by atoms with Crippen LogP contribution in [0.3, 0.4) is 0 Å². The van der Waals surface area contributed by atoms with Gasteiger partial charge < -0.3 is 10.3 Å². The molecular formula is C11H13ClN4O3S. The summed E-state index contributed by atoms with van der Waals surface area (Å²) in [5, 5.41) is 4.05. The van der Waals surface area contributed by atoms with Crippen LogP contribution in [-0.2, 0) is 16.4 Å². The van der Waals surface area contributed by atoms with Crippen molar-refractivity contribution in [1.29, 1.82) is 0 Å². The summed E-state index contributed by atoms with van der Waals surface area (Å²) in [6.45, 7) is 1.80. The summed E-state index contributed by atoms with van der Waals surface area (Å²) in [4.78, 5) is 3.97. The van der Waals surface area contributed by atoms with Gasteiger partial charge >= 0.3 is 0 Å². The molecular weight excluding hydrogens is 304 g/mol. The van der Waals surface area contributed by atoms with Gasteiger partial charge in [-0.2, -0.15) is 4.98 Å². The Morgan fingerprint density at radius 1 is 1.45 bits per heavy atom. The van der Waals surface area contributed by atoms with Gasteiger partial charge in [0.2, 0.25) is 15.9 Å². The van der Waals surface area contributed by atoms with Crippen LogP contribution in [0.15, 0.2) is 27.6 Å². The van der Waals surface area contributed by atoms with E-state index in [2.05, 4.69) is 14.9 Å². The van der Waals surface area contributed by atoms with Crippen molar-refractivity contribution in [1.82, 2.24) is 14.9 Å². The van der Waals surface area contributed by atoms with Crippen molar-refractivity contribution < 1.29 is 12.9 Å². The first kappa shape index (κ1) is 14.8. The molecule has 3 N–H and O–H groups in total. The van der Waals surface area contributed by atoms with Crippen LogP contribution in [0.25, 0.3) is 0 Å². The minimum Gasteiger partial charge on any atom is -0.398 e. The first-order valence-electron chi connectivity index (χ1n) is 5.72. The SMILES string of the molecule is Cc1nc(CCNS(=O)(=O)c2ccc(Cl)cc2N)no1. The minimum atomic E-state index is -3.69. The molecule has 0 atom stereocenters. The molecule has 2 aromatic rings. The van der Waals surface area contributed by atoms with Gasteiger partial charge in [0, 0.05) is 24.9 Å². The number of aromatic nitrogens is 2. The number of rotatable bonds is 5. The molecule has 9 heteroatoms. The highest BCUT2D eigenvalue weighted by Gasteiger charge is 2.17. The molecule has 7 nitrogen and oxygen atoms in total. The van der Waals surface area contributed by atoms with E-state index in [0.717, 1.165) is 0 Å². The summed E-state index contributed by atoms with van der Waals surface area (Å²) < 4.78 is 31.3. The van der Waals surface area contributed by atoms with E-state index in [0.29, 0.717) is 23.2 Å². The fourth-order valence-corrected chi connectivity index (χ4v) is 2.91. The number of benzene rings is 1. The normalized spacial score (nSPS) is 11.7. The van der Waals surface area contributed by atoms with Gasteiger partial charge in [-0.1, -0.05) is 16.8 Å². The number of nitrogens with zero attached hydrogens (tertiary/aromatic N) is 2. The molecule has 0 unspecified atom stereocenters. The van der Waals surface area contributed by atoms with Crippen molar-refractivity contribution in [3.05, 3.63) is 34.9 Å². The van der Waals surface area contributed by atoms with E-state index in [1.54, 1.807) is 6.92 Å². The number of aryl methyl sites for hydroxylation is 1.